The summed E-state index contributed by atoms with van der Waals surface area (Å²) in [4.78, 5) is 0. The van der Waals surface area contributed by atoms with E-state index in [0.717, 1.165) is 12.8 Å². The number of benzene rings is 3. The van der Waals surface area contributed by atoms with Gasteiger partial charge in [-0.1, -0.05) is 62.4 Å². The van der Waals surface area contributed by atoms with Crippen LogP contribution in [-0.4, -0.2) is 12.1 Å². The van der Waals surface area contributed by atoms with Crippen molar-refractivity contribution in [2.24, 2.45) is 23.3 Å². The van der Waals surface area contributed by atoms with Crippen molar-refractivity contribution in [3.8, 4) is 0 Å². The van der Waals surface area contributed by atoms with Crippen LogP contribution in [0.3, 0.4) is 0 Å². The Balaban J connectivity index is 1.73. The molecule has 4 N–H and O–H groups in total. The Morgan fingerprint density at radius 1 is 0.567 bits per heavy atom. The third-order valence-corrected chi connectivity index (χ3v) is 8.30. The van der Waals surface area contributed by atoms with Gasteiger partial charge in [-0.15, -0.1) is 0 Å². The molecule has 6 unspecified atom stereocenters. The van der Waals surface area contributed by atoms with E-state index in [0.29, 0.717) is 35.8 Å². The van der Waals surface area contributed by atoms with Crippen LogP contribution in [0.5, 0.6) is 0 Å². The monoisotopic (exact) mass is 400 g/mol. The third kappa shape index (κ3) is 3.35. The molecule has 0 spiro atoms. The van der Waals surface area contributed by atoms with E-state index in [1.54, 1.807) is 11.1 Å². The van der Waals surface area contributed by atoms with Crippen molar-refractivity contribution in [3.05, 3.63) is 59.7 Å². The van der Waals surface area contributed by atoms with Crippen LogP contribution in [0.1, 0.15) is 75.3 Å². The molecule has 2 heteroatoms. The minimum absolute atomic E-state index is 0.353. The molecule has 30 heavy (non-hydrogen) atoms. The number of nitrogens with two attached hydrogens (primary N) is 2. The van der Waals surface area contributed by atoms with Crippen LogP contribution in [0.4, 0.5) is 0 Å². The Labute approximate surface area is 181 Å². The molecule has 2 aliphatic rings. The van der Waals surface area contributed by atoms with Gasteiger partial charge in [0.1, 0.15) is 0 Å². The molecule has 2 aliphatic carbocycles. The molecule has 0 amide bonds. The van der Waals surface area contributed by atoms with E-state index >= 15 is 0 Å². The lowest BCUT2D eigenvalue weighted by Gasteiger charge is -2.36. The van der Waals surface area contributed by atoms with Gasteiger partial charge >= 0.3 is 0 Å². The first-order chi connectivity index (χ1) is 14.5. The fourth-order valence-corrected chi connectivity index (χ4v) is 6.44. The van der Waals surface area contributed by atoms with Crippen LogP contribution in [0.25, 0.3) is 21.5 Å². The molecule has 0 bridgehead atoms. The van der Waals surface area contributed by atoms with Gasteiger partial charge in [0.2, 0.25) is 0 Å². The van der Waals surface area contributed by atoms with Crippen LogP contribution >= 0.6 is 0 Å². The zero-order chi connectivity index (χ0) is 20.8. The second kappa shape index (κ2) is 7.98. The molecule has 158 valence electrons. The maximum absolute atomic E-state index is 6.38. The molecule has 0 aromatic heterocycles. The summed E-state index contributed by atoms with van der Waals surface area (Å²) in [6.07, 6.45) is 7.07. The van der Waals surface area contributed by atoms with Gasteiger partial charge < -0.3 is 11.5 Å². The first-order valence-electron chi connectivity index (χ1n) is 12.0. The standard InChI is InChI=1S/C28H36N2/c1-17-15-19(11-13-25(17)29)27-21-7-3-5-9-23(21)28(24-10-6-4-8-22(24)27)20-12-14-26(30)18(2)16-20/h3-10,17-20,25-26H,11-16,29-30H2,1-2H3. The molecule has 3 aromatic rings. The lowest BCUT2D eigenvalue weighted by Crippen LogP contribution is -2.34. The van der Waals surface area contributed by atoms with Crippen LogP contribution in [0.15, 0.2) is 48.5 Å². The molecule has 5 rings (SSSR count). The number of hydrogen-bond acceptors (Lipinski definition) is 2. The molecule has 2 nitrogen and oxygen atoms in total. The lowest BCUT2D eigenvalue weighted by atomic mass is 9.70. The van der Waals surface area contributed by atoms with Crippen LogP contribution < -0.4 is 11.5 Å². The van der Waals surface area contributed by atoms with Gasteiger partial charge in [0.15, 0.2) is 0 Å². The average molecular weight is 401 g/mol. The van der Waals surface area contributed by atoms with Gasteiger partial charge in [-0.3, -0.25) is 0 Å². The van der Waals surface area contributed by atoms with E-state index in [4.69, 9.17) is 11.5 Å². The predicted molar refractivity (Wildman–Crippen MR) is 129 cm³/mol. The Morgan fingerprint density at radius 3 is 1.20 bits per heavy atom. The molecule has 0 aliphatic heterocycles. The van der Waals surface area contributed by atoms with Crippen LogP contribution in [-0.2, 0) is 0 Å². The van der Waals surface area contributed by atoms with E-state index < -0.39 is 0 Å². The second-order valence-corrected chi connectivity index (χ2v) is 10.2. The minimum atomic E-state index is 0.353. The van der Waals surface area contributed by atoms with Crippen molar-refractivity contribution in [2.45, 2.75) is 76.3 Å². The Kier molecular flexibility index (Phi) is 5.33. The molecule has 6 atom stereocenters. The summed E-state index contributed by atoms with van der Waals surface area (Å²) < 4.78 is 0. The largest absolute Gasteiger partial charge is 0.327 e. The number of hydrogen-bond donors (Lipinski definition) is 2. The van der Waals surface area contributed by atoms with Crippen molar-refractivity contribution in [1.82, 2.24) is 0 Å². The molecule has 0 heterocycles. The van der Waals surface area contributed by atoms with E-state index in [9.17, 15) is 0 Å². The van der Waals surface area contributed by atoms with Gasteiger partial charge in [0.25, 0.3) is 0 Å². The SMILES string of the molecule is CC1CC(c2c3ccccc3c(C3CCC(N)C(C)C3)c3ccccc23)CCC1N. The maximum Gasteiger partial charge on any atom is 0.00649 e. The highest BCUT2D eigenvalue weighted by atomic mass is 14.7. The second-order valence-electron chi connectivity index (χ2n) is 10.2. The first kappa shape index (κ1) is 20.0. The smallest absolute Gasteiger partial charge is 0.00649 e. The fourth-order valence-electron chi connectivity index (χ4n) is 6.44. The Bertz CT molecular complexity index is 914. The summed E-state index contributed by atoms with van der Waals surface area (Å²) in [5.41, 5.74) is 15.9. The van der Waals surface area contributed by atoms with Gasteiger partial charge in [0, 0.05) is 12.1 Å². The summed E-state index contributed by atoms with van der Waals surface area (Å²) in [6.45, 7) is 4.67. The van der Waals surface area contributed by atoms with Crippen LogP contribution in [0.2, 0.25) is 0 Å². The van der Waals surface area contributed by atoms with Crippen molar-refractivity contribution >= 4 is 21.5 Å². The average Bonchev–Trinajstić information content (AvgIpc) is 2.76. The predicted octanol–water partition coefficient (Wildman–Crippen LogP) is 6.45. The van der Waals surface area contributed by atoms with E-state index in [1.807, 2.05) is 0 Å². The molecule has 2 saturated carbocycles. The Hall–Kier alpha value is -1.90. The minimum Gasteiger partial charge on any atom is -0.327 e. The molecule has 3 aromatic carbocycles. The summed E-state index contributed by atoms with van der Waals surface area (Å²) in [5, 5.41) is 5.89. The third-order valence-electron chi connectivity index (χ3n) is 8.30. The van der Waals surface area contributed by atoms with Gasteiger partial charge in [-0.25, -0.2) is 0 Å². The quantitative estimate of drug-likeness (QED) is 0.485. The molecule has 2 fully saturated rings. The van der Waals surface area contributed by atoms with E-state index in [-0.39, 0.29) is 0 Å². The first-order valence-corrected chi connectivity index (χ1v) is 12.0. The van der Waals surface area contributed by atoms with Crippen molar-refractivity contribution < 1.29 is 0 Å². The molecule has 0 saturated heterocycles. The van der Waals surface area contributed by atoms with Gasteiger partial charge in [0.05, 0.1) is 0 Å². The summed E-state index contributed by atoms with van der Waals surface area (Å²) >= 11 is 0. The van der Waals surface area contributed by atoms with Crippen molar-refractivity contribution in [2.75, 3.05) is 0 Å². The van der Waals surface area contributed by atoms with Gasteiger partial charge in [-0.2, -0.15) is 0 Å². The summed E-state index contributed by atoms with van der Waals surface area (Å²) in [5.74, 6) is 2.37. The highest BCUT2D eigenvalue weighted by Gasteiger charge is 2.32. The van der Waals surface area contributed by atoms with Crippen molar-refractivity contribution in [1.29, 1.82) is 0 Å². The summed E-state index contributed by atoms with van der Waals surface area (Å²) in [6, 6.07) is 19.1. The molecule has 0 radical (unpaired) electrons. The highest BCUT2D eigenvalue weighted by molar-refractivity contribution is 6.06. The number of fused-ring (bicyclic) bond motifs is 2. The van der Waals surface area contributed by atoms with Crippen LogP contribution in [0, 0.1) is 11.8 Å². The zero-order valence-corrected chi connectivity index (χ0v) is 18.5. The molecular formula is C28H36N2. The van der Waals surface area contributed by atoms with E-state index in [2.05, 4.69) is 62.4 Å². The summed E-state index contributed by atoms with van der Waals surface area (Å²) in [7, 11) is 0. The normalized spacial score (nSPS) is 32.5. The Morgan fingerprint density at radius 2 is 0.900 bits per heavy atom. The lowest BCUT2D eigenvalue weighted by molar-refractivity contribution is 0.299. The fraction of sp³-hybridized carbons (Fsp3) is 0.500. The number of rotatable bonds is 2. The van der Waals surface area contributed by atoms with Crippen molar-refractivity contribution in [3.63, 3.8) is 0 Å². The molecular weight excluding hydrogens is 364 g/mol. The van der Waals surface area contributed by atoms with E-state index in [1.165, 1.54) is 47.2 Å². The zero-order valence-electron chi connectivity index (χ0n) is 18.5. The topological polar surface area (TPSA) is 52.0 Å². The highest BCUT2D eigenvalue weighted by Crippen LogP contribution is 2.47. The van der Waals surface area contributed by atoms with Gasteiger partial charge in [-0.05, 0) is 94.9 Å². The maximum atomic E-state index is 6.38.